The maximum absolute atomic E-state index is 11.0. The molecule has 2 N–H and O–H groups in total. The standard InChI is InChI=1S/C15H18N2O/c1-9-5-13-7-11(3)17-15(13)8-14(9)16-10(2)6-12(4)18/h5-8,16-17H,1-4H3. The number of anilines is 1. The molecule has 0 atom stereocenters. The Morgan fingerprint density at radius 3 is 2.61 bits per heavy atom. The molecule has 0 aliphatic heterocycles. The zero-order chi connectivity index (χ0) is 13.3. The lowest BCUT2D eigenvalue weighted by Gasteiger charge is -2.10. The molecule has 0 saturated heterocycles. The predicted molar refractivity (Wildman–Crippen MR) is 75.8 cm³/mol. The van der Waals surface area contributed by atoms with Gasteiger partial charge >= 0.3 is 0 Å². The van der Waals surface area contributed by atoms with Crippen LogP contribution in [0.3, 0.4) is 0 Å². The van der Waals surface area contributed by atoms with Gasteiger partial charge in [-0.15, -0.1) is 0 Å². The Labute approximate surface area is 107 Å². The van der Waals surface area contributed by atoms with E-state index in [0.29, 0.717) is 0 Å². The highest BCUT2D eigenvalue weighted by Gasteiger charge is 2.04. The van der Waals surface area contributed by atoms with Crippen LogP contribution in [0.4, 0.5) is 5.69 Å². The summed E-state index contributed by atoms with van der Waals surface area (Å²) in [6.45, 7) is 7.55. The molecule has 18 heavy (non-hydrogen) atoms. The molecule has 0 unspecified atom stereocenters. The van der Waals surface area contributed by atoms with Crippen LogP contribution in [-0.4, -0.2) is 10.8 Å². The number of carbonyl (C=O) groups excluding carboxylic acids is 1. The van der Waals surface area contributed by atoms with Gasteiger partial charge in [0.1, 0.15) is 0 Å². The average molecular weight is 242 g/mol. The van der Waals surface area contributed by atoms with E-state index in [1.54, 1.807) is 13.0 Å². The molecule has 1 heterocycles. The third-order valence-corrected chi connectivity index (χ3v) is 2.85. The summed E-state index contributed by atoms with van der Waals surface area (Å²) >= 11 is 0. The van der Waals surface area contributed by atoms with Crippen molar-refractivity contribution in [1.29, 1.82) is 0 Å². The van der Waals surface area contributed by atoms with Crippen molar-refractivity contribution in [2.24, 2.45) is 0 Å². The molecule has 3 heteroatoms. The summed E-state index contributed by atoms with van der Waals surface area (Å²) in [5.74, 6) is 0.0504. The van der Waals surface area contributed by atoms with E-state index in [0.717, 1.165) is 28.2 Å². The van der Waals surface area contributed by atoms with E-state index in [1.165, 1.54) is 5.39 Å². The zero-order valence-electron chi connectivity index (χ0n) is 11.2. The first-order valence-corrected chi connectivity index (χ1v) is 6.01. The number of ketones is 1. The SMILES string of the molecule is CC(=O)C=C(C)Nc1cc2[nH]c(C)cc2cc1C. The van der Waals surface area contributed by atoms with Crippen LogP contribution in [0.25, 0.3) is 10.9 Å². The van der Waals surface area contributed by atoms with E-state index in [2.05, 4.69) is 35.4 Å². The van der Waals surface area contributed by atoms with Gasteiger partial charge in [-0.2, -0.15) is 0 Å². The second-order valence-corrected chi connectivity index (χ2v) is 4.77. The third kappa shape index (κ3) is 2.62. The minimum atomic E-state index is 0.0504. The Morgan fingerprint density at radius 2 is 1.94 bits per heavy atom. The topological polar surface area (TPSA) is 44.9 Å². The number of hydrogen-bond acceptors (Lipinski definition) is 2. The van der Waals surface area contributed by atoms with Crippen molar-refractivity contribution in [1.82, 2.24) is 4.98 Å². The number of fused-ring (bicyclic) bond motifs is 1. The number of aromatic amines is 1. The lowest BCUT2D eigenvalue weighted by Crippen LogP contribution is -2.00. The van der Waals surface area contributed by atoms with Crippen molar-refractivity contribution in [3.8, 4) is 0 Å². The minimum absolute atomic E-state index is 0.0504. The van der Waals surface area contributed by atoms with Crippen molar-refractivity contribution >= 4 is 22.4 Å². The normalized spacial score (nSPS) is 11.9. The van der Waals surface area contributed by atoms with Crippen molar-refractivity contribution < 1.29 is 4.79 Å². The number of aromatic nitrogens is 1. The quantitative estimate of drug-likeness (QED) is 0.806. The molecular formula is C15H18N2O. The van der Waals surface area contributed by atoms with Crippen LogP contribution in [-0.2, 0) is 4.79 Å². The molecule has 3 nitrogen and oxygen atoms in total. The Balaban J connectivity index is 2.38. The molecular weight excluding hydrogens is 224 g/mol. The van der Waals surface area contributed by atoms with Crippen LogP contribution in [0, 0.1) is 13.8 Å². The third-order valence-electron chi connectivity index (χ3n) is 2.85. The van der Waals surface area contributed by atoms with Crippen LogP contribution < -0.4 is 5.32 Å². The number of rotatable bonds is 3. The van der Waals surface area contributed by atoms with Crippen molar-refractivity contribution in [2.75, 3.05) is 5.32 Å². The molecule has 0 bridgehead atoms. The number of benzene rings is 1. The Kier molecular flexibility index (Phi) is 3.24. The fraction of sp³-hybridized carbons (Fsp3) is 0.267. The molecule has 0 amide bonds. The van der Waals surface area contributed by atoms with Crippen LogP contribution in [0.5, 0.6) is 0 Å². The van der Waals surface area contributed by atoms with Gasteiger partial charge in [-0.1, -0.05) is 0 Å². The average Bonchev–Trinajstić information content (AvgIpc) is 2.56. The molecule has 94 valence electrons. The van der Waals surface area contributed by atoms with E-state index in [1.807, 2.05) is 13.8 Å². The molecule has 0 aliphatic carbocycles. The largest absolute Gasteiger partial charge is 0.359 e. The fourth-order valence-corrected chi connectivity index (χ4v) is 2.13. The van der Waals surface area contributed by atoms with Crippen LogP contribution in [0.2, 0.25) is 0 Å². The van der Waals surface area contributed by atoms with E-state index in [4.69, 9.17) is 0 Å². The van der Waals surface area contributed by atoms with E-state index in [9.17, 15) is 4.79 Å². The van der Waals surface area contributed by atoms with Gasteiger partial charge in [0.2, 0.25) is 0 Å². The predicted octanol–water partition coefficient (Wildman–Crippen LogP) is 3.69. The van der Waals surface area contributed by atoms with Gasteiger partial charge in [-0.05, 0) is 57.5 Å². The highest BCUT2D eigenvalue weighted by molar-refractivity contribution is 5.89. The zero-order valence-corrected chi connectivity index (χ0v) is 11.2. The first-order chi connectivity index (χ1) is 8.45. The highest BCUT2D eigenvalue weighted by Crippen LogP contribution is 2.24. The van der Waals surface area contributed by atoms with E-state index in [-0.39, 0.29) is 5.78 Å². The monoisotopic (exact) mass is 242 g/mol. The van der Waals surface area contributed by atoms with E-state index >= 15 is 0 Å². The molecule has 0 fully saturated rings. The van der Waals surface area contributed by atoms with E-state index < -0.39 is 0 Å². The lowest BCUT2D eigenvalue weighted by molar-refractivity contribution is -0.112. The molecule has 1 aromatic carbocycles. The number of carbonyl (C=O) groups is 1. The van der Waals surface area contributed by atoms with Crippen molar-refractivity contribution in [3.05, 3.63) is 41.2 Å². The van der Waals surface area contributed by atoms with Gasteiger partial charge < -0.3 is 10.3 Å². The van der Waals surface area contributed by atoms with Gasteiger partial charge in [-0.25, -0.2) is 0 Å². The summed E-state index contributed by atoms with van der Waals surface area (Å²) in [4.78, 5) is 14.3. The molecule has 0 spiro atoms. The second kappa shape index (κ2) is 4.69. The van der Waals surface area contributed by atoms with Gasteiger partial charge in [-0.3, -0.25) is 4.79 Å². The minimum Gasteiger partial charge on any atom is -0.359 e. The van der Waals surface area contributed by atoms with Crippen molar-refractivity contribution in [3.63, 3.8) is 0 Å². The lowest BCUT2D eigenvalue weighted by atomic mass is 10.1. The number of nitrogens with one attached hydrogen (secondary N) is 2. The Hall–Kier alpha value is -2.03. The number of hydrogen-bond donors (Lipinski definition) is 2. The number of H-pyrrole nitrogens is 1. The molecule has 0 aliphatic rings. The first kappa shape index (κ1) is 12.4. The molecule has 0 saturated carbocycles. The summed E-state index contributed by atoms with van der Waals surface area (Å²) in [6.07, 6.45) is 1.60. The molecule has 2 aromatic rings. The molecule has 1 aromatic heterocycles. The maximum Gasteiger partial charge on any atom is 0.154 e. The van der Waals surface area contributed by atoms with Crippen LogP contribution >= 0.6 is 0 Å². The van der Waals surface area contributed by atoms with Gasteiger partial charge in [0, 0.05) is 28.0 Å². The number of aryl methyl sites for hydroxylation is 2. The smallest absolute Gasteiger partial charge is 0.154 e. The second-order valence-electron chi connectivity index (χ2n) is 4.77. The van der Waals surface area contributed by atoms with Gasteiger partial charge in [0.05, 0.1) is 0 Å². The summed E-state index contributed by atoms with van der Waals surface area (Å²) < 4.78 is 0. The molecule has 2 rings (SSSR count). The van der Waals surface area contributed by atoms with Gasteiger partial charge in [0.15, 0.2) is 5.78 Å². The van der Waals surface area contributed by atoms with Crippen molar-refractivity contribution in [2.45, 2.75) is 27.7 Å². The number of allylic oxidation sites excluding steroid dienone is 2. The Bertz CT molecular complexity index is 635. The first-order valence-electron chi connectivity index (χ1n) is 6.01. The van der Waals surface area contributed by atoms with Crippen LogP contribution in [0.15, 0.2) is 30.0 Å². The van der Waals surface area contributed by atoms with Gasteiger partial charge in [0.25, 0.3) is 0 Å². The fourth-order valence-electron chi connectivity index (χ4n) is 2.13. The highest BCUT2D eigenvalue weighted by atomic mass is 16.1. The maximum atomic E-state index is 11.0. The summed E-state index contributed by atoms with van der Waals surface area (Å²) in [7, 11) is 0. The summed E-state index contributed by atoms with van der Waals surface area (Å²) in [6, 6.07) is 6.35. The Morgan fingerprint density at radius 1 is 1.22 bits per heavy atom. The summed E-state index contributed by atoms with van der Waals surface area (Å²) in [5, 5.41) is 4.47. The molecule has 0 radical (unpaired) electrons. The van der Waals surface area contributed by atoms with Crippen LogP contribution in [0.1, 0.15) is 25.1 Å². The summed E-state index contributed by atoms with van der Waals surface area (Å²) in [5.41, 5.74) is 5.30.